The number of hydrogen-bond acceptors (Lipinski definition) is 3. The average Bonchev–Trinajstić information content (AvgIpc) is 2.91. The lowest BCUT2D eigenvalue weighted by Crippen LogP contribution is -2.36. The van der Waals surface area contributed by atoms with Crippen molar-refractivity contribution in [2.45, 2.75) is 25.2 Å². The molecule has 0 bridgehead atoms. The van der Waals surface area contributed by atoms with Gasteiger partial charge in [-0.1, -0.05) is 35.3 Å². The van der Waals surface area contributed by atoms with E-state index in [2.05, 4.69) is 0 Å². The third-order valence-corrected chi connectivity index (χ3v) is 5.10. The van der Waals surface area contributed by atoms with E-state index in [0.717, 1.165) is 16.7 Å². The van der Waals surface area contributed by atoms with E-state index in [4.69, 9.17) is 27.9 Å². The molecule has 132 valence electrons. The summed E-state index contributed by atoms with van der Waals surface area (Å²) in [5, 5.41) is 11.5. The van der Waals surface area contributed by atoms with Crippen molar-refractivity contribution >= 4 is 29.1 Å². The Labute approximate surface area is 156 Å². The molecule has 0 saturated carbocycles. The third kappa shape index (κ3) is 3.53. The fourth-order valence-electron chi connectivity index (χ4n) is 3.34. The van der Waals surface area contributed by atoms with Gasteiger partial charge >= 0.3 is 0 Å². The number of methoxy groups -OCH3 is 1. The summed E-state index contributed by atoms with van der Waals surface area (Å²) in [7, 11) is 3.31. The number of fused-ring (bicyclic) bond motifs is 1. The molecule has 0 radical (unpaired) electrons. The number of benzene rings is 2. The van der Waals surface area contributed by atoms with Gasteiger partial charge in [0.15, 0.2) is 0 Å². The van der Waals surface area contributed by atoms with Gasteiger partial charge in [-0.2, -0.15) is 0 Å². The van der Waals surface area contributed by atoms with Crippen LogP contribution in [-0.4, -0.2) is 36.2 Å². The summed E-state index contributed by atoms with van der Waals surface area (Å²) in [5.41, 5.74) is 3.19. The zero-order chi connectivity index (χ0) is 18.1. The first kappa shape index (κ1) is 18.2. The number of likely N-dealkylation sites (N-methyl/N-ethyl adjacent to an activating group) is 1. The summed E-state index contributed by atoms with van der Waals surface area (Å²) in [6, 6.07) is 10.2. The second kappa shape index (κ2) is 7.34. The van der Waals surface area contributed by atoms with Crippen LogP contribution in [0, 0.1) is 0 Å². The summed E-state index contributed by atoms with van der Waals surface area (Å²) < 4.78 is 5.08. The first-order valence-corrected chi connectivity index (χ1v) is 8.69. The minimum absolute atomic E-state index is 0.169. The first-order valence-electron chi connectivity index (χ1n) is 7.93. The van der Waals surface area contributed by atoms with Gasteiger partial charge in [-0.05, 0) is 41.0 Å². The molecule has 0 unspecified atom stereocenters. The maximum atomic E-state index is 12.8. The van der Waals surface area contributed by atoms with Crippen LogP contribution in [-0.2, 0) is 17.8 Å². The minimum Gasteiger partial charge on any atom is -0.390 e. The summed E-state index contributed by atoms with van der Waals surface area (Å²) in [6.07, 6.45) is -0.312. The van der Waals surface area contributed by atoms with Crippen molar-refractivity contribution in [3.8, 4) is 0 Å². The van der Waals surface area contributed by atoms with Crippen LogP contribution < -0.4 is 0 Å². The van der Waals surface area contributed by atoms with E-state index in [9.17, 15) is 9.90 Å². The van der Waals surface area contributed by atoms with E-state index in [1.165, 1.54) is 0 Å². The molecule has 2 aromatic rings. The quantitative estimate of drug-likeness (QED) is 0.876. The van der Waals surface area contributed by atoms with Crippen molar-refractivity contribution in [3.63, 3.8) is 0 Å². The number of nitrogens with zero attached hydrogens (tertiary/aromatic N) is 1. The van der Waals surface area contributed by atoms with Crippen LogP contribution in [0.4, 0.5) is 0 Å². The number of aliphatic hydroxyl groups is 1. The third-order valence-electron chi connectivity index (χ3n) is 4.54. The van der Waals surface area contributed by atoms with Crippen LogP contribution in [0.15, 0.2) is 36.4 Å². The van der Waals surface area contributed by atoms with Crippen LogP contribution >= 0.6 is 23.2 Å². The molecule has 1 aliphatic carbocycles. The van der Waals surface area contributed by atoms with Crippen LogP contribution in [0.2, 0.25) is 10.0 Å². The molecule has 0 saturated heterocycles. The number of amides is 1. The number of carbonyl (C=O) groups is 1. The highest BCUT2D eigenvalue weighted by molar-refractivity contribution is 6.35. The van der Waals surface area contributed by atoms with Gasteiger partial charge in [0.25, 0.3) is 5.91 Å². The van der Waals surface area contributed by atoms with Crippen LogP contribution in [0.25, 0.3) is 0 Å². The highest BCUT2D eigenvalue weighted by atomic mass is 35.5. The summed E-state index contributed by atoms with van der Waals surface area (Å²) in [4.78, 5) is 14.4. The van der Waals surface area contributed by atoms with E-state index < -0.39 is 12.1 Å². The molecule has 4 nitrogen and oxygen atoms in total. The van der Waals surface area contributed by atoms with E-state index in [0.29, 0.717) is 28.6 Å². The number of ether oxygens (including phenoxy) is 1. The Balaban J connectivity index is 1.88. The molecular weight excluding hydrogens is 361 g/mol. The normalized spacial score (nSPS) is 18.9. The molecule has 0 aliphatic heterocycles. The molecule has 1 aliphatic rings. The largest absolute Gasteiger partial charge is 0.390 e. The van der Waals surface area contributed by atoms with E-state index in [1.807, 2.05) is 12.1 Å². The summed E-state index contributed by atoms with van der Waals surface area (Å²) in [5.74, 6) is -0.169. The maximum absolute atomic E-state index is 12.8. The first-order chi connectivity index (χ1) is 11.9. The molecule has 6 heteroatoms. The smallest absolute Gasteiger partial charge is 0.254 e. The maximum Gasteiger partial charge on any atom is 0.254 e. The Bertz CT molecular complexity index is 792. The van der Waals surface area contributed by atoms with Crippen molar-refractivity contribution in [2.24, 2.45) is 0 Å². The fourth-order valence-corrected chi connectivity index (χ4v) is 3.92. The topological polar surface area (TPSA) is 49.8 Å². The average molecular weight is 380 g/mol. The van der Waals surface area contributed by atoms with Crippen molar-refractivity contribution in [1.82, 2.24) is 4.90 Å². The van der Waals surface area contributed by atoms with Gasteiger partial charge in [0.2, 0.25) is 0 Å². The molecule has 2 aromatic carbocycles. The number of aliphatic hydroxyl groups excluding tert-OH is 1. The molecular formula is C19H19Cl2NO3. The van der Waals surface area contributed by atoms with Crippen LogP contribution in [0.1, 0.15) is 33.1 Å². The molecule has 3 rings (SSSR count). The van der Waals surface area contributed by atoms with Crippen LogP contribution in [0.5, 0.6) is 0 Å². The second-order valence-electron chi connectivity index (χ2n) is 6.22. The van der Waals surface area contributed by atoms with Gasteiger partial charge < -0.3 is 14.7 Å². The highest BCUT2D eigenvalue weighted by Crippen LogP contribution is 2.41. The highest BCUT2D eigenvalue weighted by Gasteiger charge is 2.37. The summed E-state index contributed by atoms with van der Waals surface area (Å²) in [6.45, 7) is 0.496. The minimum atomic E-state index is -0.715. The molecule has 0 fully saturated rings. The van der Waals surface area contributed by atoms with E-state index in [1.54, 1.807) is 43.3 Å². The monoisotopic (exact) mass is 379 g/mol. The van der Waals surface area contributed by atoms with Crippen molar-refractivity contribution in [2.75, 3.05) is 14.2 Å². The van der Waals surface area contributed by atoms with Crippen LogP contribution in [0.3, 0.4) is 0 Å². The second-order valence-corrected chi connectivity index (χ2v) is 7.06. The molecule has 0 spiro atoms. The molecule has 25 heavy (non-hydrogen) atoms. The van der Waals surface area contributed by atoms with Gasteiger partial charge in [0.05, 0.1) is 18.8 Å². The number of hydrogen-bond donors (Lipinski definition) is 1. The Morgan fingerprint density at radius 2 is 1.96 bits per heavy atom. The van der Waals surface area contributed by atoms with Crippen molar-refractivity contribution < 1.29 is 14.6 Å². The Morgan fingerprint density at radius 3 is 2.60 bits per heavy atom. The van der Waals surface area contributed by atoms with Gasteiger partial charge in [-0.15, -0.1) is 0 Å². The molecule has 0 heterocycles. The Kier molecular flexibility index (Phi) is 5.35. The zero-order valence-electron chi connectivity index (χ0n) is 14.0. The number of carbonyl (C=O) groups excluding carboxylic acids is 1. The van der Waals surface area contributed by atoms with E-state index >= 15 is 0 Å². The van der Waals surface area contributed by atoms with Gasteiger partial charge in [0.1, 0.15) is 0 Å². The molecule has 1 N–H and O–H groups in total. The van der Waals surface area contributed by atoms with Gasteiger partial charge in [-0.25, -0.2) is 0 Å². The zero-order valence-corrected chi connectivity index (χ0v) is 15.5. The number of halogens is 2. The van der Waals surface area contributed by atoms with Gasteiger partial charge in [-0.3, -0.25) is 4.79 Å². The summed E-state index contributed by atoms with van der Waals surface area (Å²) >= 11 is 12.4. The Hall–Kier alpha value is -1.59. The molecule has 1 amide bonds. The predicted octanol–water partition coefficient (Wildman–Crippen LogP) is 3.87. The fraction of sp³-hybridized carbons (Fsp3) is 0.316. The number of rotatable bonds is 4. The molecule has 0 aromatic heterocycles. The predicted molar refractivity (Wildman–Crippen MR) is 98.2 cm³/mol. The standard InChI is InChI=1S/C19H19Cl2NO3/c1-22(19(24)12-5-3-11(4-6-12)10-25-2)18-15-7-13(20)8-16(21)14(15)9-17(18)23/h3-8,17-18,23H,9-10H2,1-2H3/t17-,18+/m0/s1. The van der Waals surface area contributed by atoms with E-state index in [-0.39, 0.29) is 5.91 Å². The lowest BCUT2D eigenvalue weighted by atomic mass is 10.0. The lowest BCUT2D eigenvalue weighted by Gasteiger charge is -2.28. The van der Waals surface area contributed by atoms with Crippen molar-refractivity contribution in [1.29, 1.82) is 0 Å². The SMILES string of the molecule is COCc1ccc(C(=O)N(C)[C@@H]2c3cc(Cl)cc(Cl)c3C[C@@H]2O)cc1. The van der Waals surface area contributed by atoms with Crippen molar-refractivity contribution in [3.05, 3.63) is 68.7 Å². The van der Waals surface area contributed by atoms with Gasteiger partial charge in [0, 0.05) is 36.2 Å². The Morgan fingerprint density at radius 1 is 1.28 bits per heavy atom. The molecule has 2 atom stereocenters. The lowest BCUT2D eigenvalue weighted by molar-refractivity contribution is 0.0497.